The molecule has 1 aromatic carbocycles. The lowest BCUT2D eigenvalue weighted by atomic mass is 9.97. The lowest BCUT2D eigenvalue weighted by Gasteiger charge is -2.21. The Hall–Kier alpha value is -3.82. The molecule has 3 aromatic rings. The summed E-state index contributed by atoms with van der Waals surface area (Å²) in [5.41, 5.74) is 2.20. The van der Waals surface area contributed by atoms with Crippen molar-refractivity contribution in [3.63, 3.8) is 0 Å². The molecule has 2 heterocycles. The average Bonchev–Trinajstić information content (AvgIpc) is 3.43. The van der Waals surface area contributed by atoms with Gasteiger partial charge in [-0.2, -0.15) is 5.10 Å². The standard InChI is InChI=1S/C25H28F2N6O2/c1-15-8-22(21(27)13-28-15)30-19-5-3-4-17(11-19)24(34)32-23(10-16-6-7-18(26)9-16)25(35)31-20-12-29-33(2)14-20/h3-5,8,11-14,16,18,23H,6-7,9-10H2,1-2H3,(H,28,30)(H,31,35)(H,32,34)/t16-,18-,23-/m0/s1. The maximum atomic E-state index is 14.1. The van der Waals surface area contributed by atoms with Gasteiger partial charge in [-0.1, -0.05) is 6.07 Å². The molecule has 3 N–H and O–H groups in total. The van der Waals surface area contributed by atoms with Gasteiger partial charge in [0, 0.05) is 30.2 Å². The Morgan fingerprint density at radius 2 is 2.03 bits per heavy atom. The number of anilines is 3. The average molecular weight is 483 g/mol. The largest absolute Gasteiger partial charge is 0.353 e. The van der Waals surface area contributed by atoms with Crippen LogP contribution in [-0.2, 0) is 11.8 Å². The van der Waals surface area contributed by atoms with Gasteiger partial charge in [0.15, 0.2) is 5.82 Å². The highest BCUT2D eigenvalue weighted by molar-refractivity contribution is 6.01. The number of amides is 2. The fourth-order valence-electron chi connectivity index (χ4n) is 4.28. The third-order valence-electron chi connectivity index (χ3n) is 6.04. The first-order valence-corrected chi connectivity index (χ1v) is 11.5. The SMILES string of the molecule is Cc1cc(Nc2cccc(C(=O)N[C@@H](C[C@H]3CC[C@H](F)C3)C(=O)Nc3cnn(C)c3)c2)c(F)cn1. The summed E-state index contributed by atoms with van der Waals surface area (Å²) in [6.45, 7) is 1.75. The zero-order chi connectivity index (χ0) is 24.9. The maximum absolute atomic E-state index is 14.1. The number of aryl methyl sites for hydroxylation is 2. The summed E-state index contributed by atoms with van der Waals surface area (Å²) in [6.07, 6.45) is 5.26. The van der Waals surface area contributed by atoms with E-state index in [2.05, 4.69) is 26.0 Å². The van der Waals surface area contributed by atoms with Crippen molar-refractivity contribution in [2.45, 2.75) is 44.8 Å². The van der Waals surface area contributed by atoms with Crippen molar-refractivity contribution in [1.29, 1.82) is 0 Å². The molecule has 8 nitrogen and oxygen atoms in total. The number of nitrogens with zero attached hydrogens (tertiary/aromatic N) is 3. The fourth-order valence-corrected chi connectivity index (χ4v) is 4.28. The first-order valence-electron chi connectivity index (χ1n) is 11.5. The van der Waals surface area contributed by atoms with Gasteiger partial charge in [0.25, 0.3) is 5.91 Å². The van der Waals surface area contributed by atoms with Crippen LogP contribution in [0.1, 0.15) is 41.7 Å². The zero-order valence-electron chi connectivity index (χ0n) is 19.6. The summed E-state index contributed by atoms with van der Waals surface area (Å²) in [5, 5.41) is 12.6. The molecule has 3 atom stereocenters. The molecule has 10 heteroatoms. The molecule has 0 unspecified atom stereocenters. The van der Waals surface area contributed by atoms with Crippen LogP contribution in [0, 0.1) is 18.7 Å². The van der Waals surface area contributed by atoms with E-state index in [1.165, 1.54) is 6.20 Å². The summed E-state index contributed by atoms with van der Waals surface area (Å²) >= 11 is 0. The van der Waals surface area contributed by atoms with Crippen LogP contribution in [-0.4, -0.2) is 38.8 Å². The first kappa shape index (κ1) is 24.3. The number of hydrogen-bond acceptors (Lipinski definition) is 5. The highest BCUT2D eigenvalue weighted by Crippen LogP contribution is 2.31. The van der Waals surface area contributed by atoms with E-state index < -0.39 is 29.8 Å². The van der Waals surface area contributed by atoms with Crippen molar-refractivity contribution in [2.24, 2.45) is 13.0 Å². The molecule has 1 aliphatic rings. The Bertz CT molecular complexity index is 1210. The van der Waals surface area contributed by atoms with E-state index in [-0.39, 0.29) is 11.6 Å². The molecular weight excluding hydrogens is 454 g/mol. The number of halogens is 2. The van der Waals surface area contributed by atoms with E-state index in [0.29, 0.717) is 48.3 Å². The van der Waals surface area contributed by atoms with Gasteiger partial charge in [-0.15, -0.1) is 0 Å². The van der Waals surface area contributed by atoms with Crippen molar-refractivity contribution < 1.29 is 18.4 Å². The van der Waals surface area contributed by atoms with Gasteiger partial charge in [-0.3, -0.25) is 19.3 Å². The van der Waals surface area contributed by atoms with E-state index in [4.69, 9.17) is 0 Å². The van der Waals surface area contributed by atoms with Crippen LogP contribution in [0.5, 0.6) is 0 Å². The number of benzene rings is 1. The van der Waals surface area contributed by atoms with E-state index >= 15 is 0 Å². The summed E-state index contributed by atoms with van der Waals surface area (Å²) in [4.78, 5) is 30.0. The molecule has 4 rings (SSSR count). The first-order chi connectivity index (χ1) is 16.8. The van der Waals surface area contributed by atoms with Crippen LogP contribution in [0.4, 0.5) is 25.8 Å². The monoisotopic (exact) mass is 482 g/mol. The molecular formula is C25H28F2N6O2. The molecule has 0 bridgehead atoms. The maximum Gasteiger partial charge on any atom is 0.252 e. The fraction of sp³-hybridized carbons (Fsp3) is 0.360. The normalized spacial score (nSPS) is 18.2. The van der Waals surface area contributed by atoms with Gasteiger partial charge in [0.05, 0.1) is 23.8 Å². The van der Waals surface area contributed by atoms with Crippen molar-refractivity contribution in [1.82, 2.24) is 20.1 Å². The highest BCUT2D eigenvalue weighted by atomic mass is 19.1. The summed E-state index contributed by atoms with van der Waals surface area (Å²) in [7, 11) is 1.73. The van der Waals surface area contributed by atoms with E-state index in [9.17, 15) is 18.4 Å². The molecule has 184 valence electrons. The van der Waals surface area contributed by atoms with Gasteiger partial charge in [0.1, 0.15) is 12.2 Å². The molecule has 0 radical (unpaired) electrons. The minimum Gasteiger partial charge on any atom is -0.353 e. The third kappa shape index (κ3) is 6.40. The third-order valence-corrected chi connectivity index (χ3v) is 6.04. The van der Waals surface area contributed by atoms with Crippen LogP contribution in [0.2, 0.25) is 0 Å². The van der Waals surface area contributed by atoms with Crippen LogP contribution in [0.3, 0.4) is 0 Å². The molecule has 0 spiro atoms. The highest BCUT2D eigenvalue weighted by Gasteiger charge is 2.31. The lowest BCUT2D eigenvalue weighted by Crippen LogP contribution is -2.44. The molecule has 2 amide bonds. The number of rotatable bonds is 8. The second kappa shape index (κ2) is 10.6. The van der Waals surface area contributed by atoms with Crippen LogP contribution < -0.4 is 16.0 Å². The van der Waals surface area contributed by atoms with E-state index in [1.807, 2.05) is 0 Å². The number of nitrogens with one attached hydrogen (secondary N) is 3. The number of pyridine rings is 1. The molecule has 0 aliphatic heterocycles. The van der Waals surface area contributed by atoms with Crippen molar-refractivity contribution in [3.05, 3.63) is 66.0 Å². The Kier molecular flexibility index (Phi) is 7.38. The van der Waals surface area contributed by atoms with Gasteiger partial charge < -0.3 is 16.0 Å². The molecule has 1 fully saturated rings. The predicted molar refractivity (Wildman–Crippen MR) is 129 cm³/mol. The Morgan fingerprint density at radius 3 is 2.74 bits per heavy atom. The molecule has 0 saturated heterocycles. The van der Waals surface area contributed by atoms with Crippen LogP contribution in [0.15, 0.2) is 48.9 Å². The zero-order valence-corrected chi connectivity index (χ0v) is 19.6. The Labute approximate surface area is 202 Å². The number of carbonyl (C=O) groups is 2. The molecule has 2 aromatic heterocycles. The van der Waals surface area contributed by atoms with E-state index in [1.54, 1.807) is 55.2 Å². The minimum absolute atomic E-state index is 0.000791. The quantitative estimate of drug-likeness (QED) is 0.445. The summed E-state index contributed by atoms with van der Waals surface area (Å²) in [5.74, 6) is -1.36. The number of hydrogen-bond donors (Lipinski definition) is 3. The number of alkyl halides is 1. The summed E-state index contributed by atoms with van der Waals surface area (Å²) in [6, 6.07) is 7.28. The van der Waals surface area contributed by atoms with Gasteiger partial charge in [-0.05, 0) is 62.8 Å². The predicted octanol–water partition coefficient (Wildman–Crippen LogP) is 4.27. The number of carbonyl (C=O) groups excluding carboxylic acids is 2. The Balaban J connectivity index is 1.48. The van der Waals surface area contributed by atoms with Gasteiger partial charge >= 0.3 is 0 Å². The van der Waals surface area contributed by atoms with E-state index in [0.717, 1.165) is 6.20 Å². The number of aromatic nitrogens is 3. The van der Waals surface area contributed by atoms with Crippen molar-refractivity contribution in [2.75, 3.05) is 10.6 Å². The lowest BCUT2D eigenvalue weighted by molar-refractivity contribution is -0.118. The van der Waals surface area contributed by atoms with Crippen molar-refractivity contribution >= 4 is 28.9 Å². The molecule has 1 aliphatic carbocycles. The van der Waals surface area contributed by atoms with Crippen molar-refractivity contribution in [3.8, 4) is 0 Å². The smallest absolute Gasteiger partial charge is 0.252 e. The minimum atomic E-state index is -0.877. The summed E-state index contributed by atoms with van der Waals surface area (Å²) < 4.78 is 29.4. The molecule has 35 heavy (non-hydrogen) atoms. The van der Waals surface area contributed by atoms with Gasteiger partial charge in [-0.25, -0.2) is 8.78 Å². The topological polar surface area (TPSA) is 101 Å². The van der Waals surface area contributed by atoms with Crippen LogP contribution >= 0.6 is 0 Å². The van der Waals surface area contributed by atoms with Crippen LogP contribution in [0.25, 0.3) is 0 Å². The second-order valence-corrected chi connectivity index (χ2v) is 8.94. The van der Waals surface area contributed by atoms with Gasteiger partial charge in [0.2, 0.25) is 5.91 Å². The second-order valence-electron chi connectivity index (χ2n) is 8.94. The molecule has 1 saturated carbocycles. The Morgan fingerprint density at radius 1 is 1.20 bits per heavy atom.